The summed E-state index contributed by atoms with van der Waals surface area (Å²) in [7, 11) is -0.792. The van der Waals surface area contributed by atoms with E-state index in [1.54, 1.807) is 19.1 Å². The smallest absolute Gasteiger partial charge is 0.415 e. The Balaban J connectivity index is 1.83. The number of nitrogens with zero attached hydrogens (tertiary/aromatic N) is 1. The fraction of sp³-hybridized carbons (Fsp3) is 0.438. The molecule has 41 heavy (non-hydrogen) atoms. The van der Waals surface area contributed by atoms with Crippen molar-refractivity contribution in [2.75, 3.05) is 18.6 Å². The number of hydrogen-bond donors (Lipinski definition) is 1. The molecule has 1 N–H and O–H groups in total. The number of aliphatic carboxylic acids is 1. The molecule has 0 spiro atoms. The number of carbonyl (C=O) groups is 2. The number of epoxide rings is 1. The number of ether oxygens (including phenoxy) is 3. The summed E-state index contributed by atoms with van der Waals surface area (Å²) in [5.41, 5.74) is -1.15. The Hall–Kier alpha value is -3.92. The first-order chi connectivity index (χ1) is 19.3. The number of anilines is 1. The minimum atomic E-state index is -2.24. The van der Waals surface area contributed by atoms with Crippen LogP contribution in [0.2, 0.25) is 18.1 Å². The molecule has 0 aromatic heterocycles. The largest absolute Gasteiger partial charge is 0.543 e. The fourth-order valence-corrected chi connectivity index (χ4v) is 7.11. The highest BCUT2D eigenvalue weighted by Crippen LogP contribution is 2.74. The summed E-state index contributed by atoms with van der Waals surface area (Å²) in [6.45, 7) is 16.2. The maximum atomic E-state index is 13.7. The standard InChI is InChI=1S/C32H35NO7Si/c1-9-18-38-29(36)33-24-17-16-21(39-41(7,8)30(3,4)5)19-23(24)32-22-14-12-10-11-13-15-25(33)31(32,40-32)20(2)26(28(34)35)27(22)37-6/h9-11,16-17,19-20,22,25H,1,18H2,2-8H3,(H,34,35)/b11-10-/t20-,22-,25-,31-,32+/m0/s1. The Morgan fingerprint density at radius 1 is 1.22 bits per heavy atom. The van der Waals surface area contributed by atoms with E-state index in [0.717, 1.165) is 0 Å². The van der Waals surface area contributed by atoms with Gasteiger partial charge in [-0.15, -0.1) is 0 Å². The van der Waals surface area contributed by atoms with Crippen molar-refractivity contribution in [3.8, 4) is 29.4 Å². The normalized spacial score (nSPS) is 29.7. The third kappa shape index (κ3) is 3.94. The van der Waals surface area contributed by atoms with Crippen LogP contribution in [0.15, 0.2) is 54.3 Å². The Morgan fingerprint density at radius 2 is 1.90 bits per heavy atom. The molecule has 0 radical (unpaired) electrons. The summed E-state index contributed by atoms with van der Waals surface area (Å²) in [5, 5.41) is 10.3. The summed E-state index contributed by atoms with van der Waals surface area (Å²) < 4.78 is 24.8. The van der Waals surface area contributed by atoms with E-state index in [1.807, 2.05) is 18.2 Å². The second kappa shape index (κ2) is 9.58. The maximum absolute atomic E-state index is 13.7. The number of amides is 1. The van der Waals surface area contributed by atoms with Crippen molar-refractivity contribution in [3.05, 3.63) is 59.9 Å². The molecule has 0 saturated carbocycles. The van der Waals surface area contributed by atoms with Gasteiger partial charge in [-0.2, -0.15) is 0 Å². The van der Waals surface area contributed by atoms with Gasteiger partial charge in [0.15, 0.2) is 0 Å². The van der Waals surface area contributed by atoms with Gasteiger partial charge in [-0.1, -0.05) is 64.0 Å². The van der Waals surface area contributed by atoms with Crippen LogP contribution in [-0.2, 0) is 24.6 Å². The van der Waals surface area contributed by atoms with Crippen LogP contribution < -0.4 is 9.33 Å². The van der Waals surface area contributed by atoms with Crippen molar-refractivity contribution < 1.29 is 33.3 Å². The highest BCUT2D eigenvalue weighted by Gasteiger charge is 2.86. The lowest BCUT2D eigenvalue weighted by atomic mass is 9.59. The molecule has 5 atom stereocenters. The number of methoxy groups -OCH3 is 1. The summed E-state index contributed by atoms with van der Waals surface area (Å²) in [5.74, 6) is 10.6. The number of allylic oxidation sites excluding steroid dienone is 2. The summed E-state index contributed by atoms with van der Waals surface area (Å²) in [6.07, 6.45) is 4.05. The second-order valence-corrected chi connectivity index (χ2v) is 16.9. The van der Waals surface area contributed by atoms with E-state index in [-0.39, 0.29) is 23.0 Å². The number of carbonyl (C=O) groups excluding carboxylic acids is 1. The molecule has 4 bridgehead atoms. The molecular formula is C32H35NO7Si. The van der Waals surface area contributed by atoms with E-state index in [2.05, 4.69) is 64.1 Å². The minimum Gasteiger partial charge on any atom is -0.543 e. The Morgan fingerprint density at radius 3 is 2.51 bits per heavy atom. The third-order valence-electron chi connectivity index (χ3n) is 9.02. The molecule has 2 heterocycles. The molecule has 2 aliphatic carbocycles. The van der Waals surface area contributed by atoms with E-state index >= 15 is 0 Å². The Bertz CT molecular complexity index is 1530. The van der Waals surface area contributed by atoms with E-state index in [0.29, 0.717) is 17.0 Å². The quantitative estimate of drug-likeness (QED) is 0.211. The summed E-state index contributed by atoms with van der Waals surface area (Å²) in [4.78, 5) is 27.8. The number of benzene rings is 1. The summed E-state index contributed by atoms with van der Waals surface area (Å²) in [6, 6.07) is 4.69. The lowest BCUT2D eigenvalue weighted by molar-refractivity contribution is -0.134. The molecule has 1 saturated heterocycles. The minimum absolute atomic E-state index is 0.00591. The van der Waals surface area contributed by atoms with Gasteiger partial charge in [0.1, 0.15) is 41.3 Å². The summed E-state index contributed by atoms with van der Waals surface area (Å²) >= 11 is 0. The van der Waals surface area contributed by atoms with Crippen LogP contribution >= 0.6 is 0 Å². The predicted octanol–water partition coefficient (Wildman–Crippen LogP) is 5.37. The highest BCUT2D eigenvalue weighted by molar-refractivity contribution is 6.74. The van der Waals surface area contributed by atoms with E-state index in [9.17, 15) is 14.7 Å². The molecule has 9 heteroatoms. The lowest BCUT2D eigenvalue weighted by Gasteiger charge is -2.46. The lowest BCUT2D eigenvalue weighted by Crippen LogP contribution is -2.61. The van der Waals surface area contributed by atoms with Crippen molar-refractivity contribution in [3.63, 3.8) is 0 Å². The van der Waals surface area contributed by atoms with Crippen molar-refractivity contribution in [1.82, 2.24) is 0 Å². The first kappa shape index (κ1) is 28.6. The van der Waals surface area contributed by atoms with Crippen LogP contribution in [-0.4, -0.2) is 50.8 Å². The van der Waals surface area contributed by atoms with Crippen LogP contribution in [0.3, 0.4) is 0 Å². The molecule has 0 unspecified atom stereocenters. The zero-order valence-electron chi connectivity index (χ0n) is 24.5. The first-order valence-corrected chi connectivity index (χ1v) is 16.5. The molecule has 214 valence electrons. The van der Waals surface area contributed by atoms with Crippen molar-refractivity contribution in [2.24, 2.45) is 11.8 Å². The van der Waals surface area contributed by atoms with Crippen molar-refractivity contribution in [2.45, 2.75) is 63.1 Å². The van der Waals surface area contributed by atoms with Crippen molar-refractivity contribution in [1.29, 1.82) is 0 Å². The molecule has 1 aromatic carbocycles. The van der Waals surface area contributed by atoms with Crippen molar-refractivity contribution >= 4 is 26.1 Å². The van der Waals surface area contributed by atoms with E-state index in [1.165, 1.54) is 18.1 Å². The van der Waals surface area contributed by atoms with Gasteiger partial charge in [-0.3, -0.25) is 4.90 Å². The molecule has 8 nitrogen and oxygen atoms in total. The van der Waals surface area contributed by atoms with Gasteiger partial charge in [-0.25, -0.2) is 9.59 Å². The number of fused-ring (bicyclic) bond motifs is 1. The number of hydrogen-bond acceptors (Lipinski definition) is 6. The molecule has 1 fully saturated rings. The van der Waals surface area contributed by atoms with Gasteiger partial charge in [-0.05, 0) is 48.5 Å². The van der Waals surface area contributed by atoms with Gasteiger partial charge in [0, 0.05) is 11.5 Å². The average Bonchev–Trinajstić information content (AvgIpc) is 3.62. The average molecular weight is 574 g/mol. The van der Waals surface area contributed by atoms with E-state index in [4.69, 9.17) is 18.6 Å². The number of carboxylic acids is 1. The molecular weight excluding hydrogens is 538 g/mol. The SMILES string of the molecule is C=CCOC(=O)N1c2ccc(O[Si](C)(C)C(C)(C)C)cc2[C@@]23O[C@@]24[C@@H]1C#C/C=C\C#C[C@H]3C(OC)=C(C(=O)O)[C@@H]4C. The van der Waals surface area contributed by atoms with E-state index < -0.39 is 49.5 Å². The van der Waals surface area contributed by atoms with Crippen LogP contribution in [0.25, 0.3) is 0 Å². The third-order valence-corrected chi connectivity index (χ3v) is 13.4. The second-order valence-electron chi connectivity index (χ2n) is 12.2. The van der Waals surface area contributed by atoms with Crippen LogP contribution in [0.5, 0.6) is 5.75 Å². The molecule has 1 amide bonds. The Kier molecular flexibility index (Phi) is 6.68. The molecule has 1 aromatic rings. The van der Waals surface area contributed by atoms with Gasteiger partial charge < -0.3 is 23.7 Å². The van der Waals surface area contributed by atoms with Crippen LogP contribution in [0, 0.1) is 35.5 Å². The van der Waals surface area contributed by atoms with Gasteiger partial charge in [0.25, 0.3) is 0 Å². The maximum Gasteiger partial charge on any atom is 0.415 e. The molecule has 2 aliphatic heterocycles. The molecule has 5 rings (SSSR count). The zero-order valence-corrected chi connectivity index (χ0v) is 25.5. The monoisotopic (exact) mass is 573 g/mol. The first-order valence-electron chi connectivity index (χ1n) is 13.6. The molecule has 4 aliphatic rings. The highest BCUT2D eigenvalue weighted by atomic mass is 28.4. The van der Waals surface area contributed by atoms with Crippen LogP contribution in [0.1, 0.15) is 33.3 Å². The van der Waals surface area contributed by atoms with Gasteiger partial charge in [0.2, 0.25) is 8.32 Å². The van der Waals surface area contributed by atoms with Gasteiger partial charge in [0.05, 0.1) is 18.4 Å². The number of rotatable bonds is 6. The van der Waals surface area contributed by atoms with Crippen LogP contribution in [0.4, 0.5) is 10.5 Å². The Labute approximate surface area is 242 Å². The zero-order chi connectivity index (χ0) is 30.0. The fourth-order valence-electron chi connectivity index (χ4n) is 6.09. The topological polar surface area (TPSA) is 97.8 Å². The van der Waals surface area contributed by atoms with Gasteiger partial charge >= 0.3 is 12.1 Å². The number of carboxylic acid groups (broad SMARTS) is 1. The predicted molar refractivity (Wildman–Crippen MR) is 157 cm³/mol.